The molecule has 19 heavy (non-hydrogen) atoms. The third-order valence-electron chi connectivity index (χ3n) is 2.81. The van der Waals surface area contributed by atoms with E-state index >= 15 is 0 Å². The van der Waals surface area contributed by atoms with E-state index in [1.54, 1.807) is 17.9 Å². The van der Waals surface area contributed by atoms with E-state index < -0.39 is 11.7 Å². The molecule has 0 aliphatic heterocycles. The summed E-state index contributed by atoms with van der Waals surface area (Å²) >= 11 is 0. The molecule has 0 fully saturated rings. The summed E-state index contributed by atoms with van der Waals surface area (Å²) < 4.78 is 39.1. The van der Waals surface area contributed by atoms with Crippen LogP contribution < -0.4 is 5.73 Å². The van der Waals surface area contributed by atoms with Gasteiger partial charge in [0.25, 0.3) is 0 Å². The molecule has 6 heteroatoms. The van der Waals surface area contributed by atoms with Gasteiger partial charge in [-0.3, -0.25) is 4.68 Å². The number of nitrogens with zero attached hydrogens (tertiary/aromatic N) is 2. The minimum atomic E-state index is -4.31. The lowest BCUT2D eigenvalue weighted by molar-refractivity contribution is -0.137. The van der Waals surface area contributed by atoms with Crippen LogP contribution in [-0.2, 0) is 19.6 Å². The number of aromatic nitrogens is 2. The van der Waals surface area contributed by atoms with Crippen molar-refractivity contribution in [2.45, 2.75) is 12.6 Å². The maximum Gasteiger partial charge on any atom is 0.416 e. The van der Waals surface area contributed by atoms with Crippen molar-refractivity contribution in [3.8, 4) is 11.1 Å². The maximum absolute atomic E-state index is 12.5. The summed E-state index contributed by atoms with van der Waals surface area (Å²) in [5, 5.41) is 4.26. The van der Waals surface area contributed by atoms with Crippen LogP contribution in [0, 0.1) is 0 Å². The van der Waals surface area contributed by atoms with Gasteiger partial charge in [0.05, 0.1) is 11.3 Å². The summed E-state index contributed by atoms with van der Waals surface area (Å²) in [4.78, 5) is 0. The first-order chi connectivity index (χ1) is 8.91. The number of aryl methyl sites for hydroxylation is 1. The van der Waals surface area contributed by atoms with Crippen molar-refractivity contribution >= 4 is 0 Å². The van der Waals surface area contributed by atoms with Gasteiger partial charge < -0.3 is 5.73 Å². The fourth-order valence-electron chi connectivity index (χ4n) is 1.94. The molecule has 2 N–H and O–H groups in total. The molecule has 2 rings (SSSR count). The van der Waals surface area contributed by atoms with Crippen molar-refractivity contribution < 1.29 is 13.2 Å². The van der Waals surface area contributed by atoms with Crippen molar-refractivity contribution in [2.75, 3.05) is 6.54 Å². The van der Waals surface area contributed by atoms with E-state index in [4.69, 9.17) is 5.73 Å². The maximum atomic E-state index is 12.5. The predicted molar refractivity (Wildman–Crippen MR) is 66.4 cm³/mol. The number of alkyl halides is 3. The van der Waals surface area contributed by atoms with Crippen LogP contribution in [0.1, 0.15) is 11.3 Å². The average Bonchev–Trinajstić information content (AvgIpc) is 2.70. The van der Waals surface area contributed by atoms with Crippen molar-refractivity contribution in [3.05, 3.63) is 41.7 Å². The molecular formula is C13H14F3N3. The highest BCUT2D eigenvalue weighted by Crippen LogP contribution is 2.31. The molecule has 0 spiro atoms. The third-order valence-corrected chi connectivity index (χ3v) is 2.81. The third kappa shape index (κ3) is 2.96. The molecule has 0 bridgehead atoms. The zero-order valence-corrected chi connectivity index (χ0v) is 10.4. The second kappa shape index (κ2) is 5.05. The molecule has 1 aromatic carbocycles. The molecule has 102 valence electrons. The van der Waals surface area contributed by atoms with Crippen LogP contribution >= 0.6 is 0 Å². The van der Waals surface area contributed by atoms with Crippen LogP contribution in [0.5, 0.6) is 0 Å². The summed E-state index contributed by atoms with van der Waals surface area (Å²) in [5.74, 6) is 0. The zero-order valence-electron chi connectivity index (χ0n) is 10.4. The van der Waals surface area contributed by atoms with Gasteiger partial charge >= 0.3 is 6.18 Å². The first kappa shape index (κ1) is 13.6. The Morgan fingerprint density at radius 2 is 1.84 bits per heavy atom. The lowest BCUT2D eigenvalue weighted by Gasteiger charge is -2.07. The molecule has 1 aromatic heterocycles. The van der Waals surface area contributed by atoms with Gasteiger partial charge in [0.1, 0.15) is 0 Å². The van der Waals surface area contributed by atoms with E-state index in [2.05, 4.69) is 5.10 Å². The fourth-order valence-corrected chi connectivity index (χ4v) is 1.94. The molecule has 1 heterocycles. The Hall–Kier alpha value is -1.82. The number of halogens is 3. The minimum Gasteiger partial charge on any atom is -0.330 e. The van der Waals surface area contributed by atoms with Crippen molar-refractivity contribution in [1.82, 2.24) is 9.78 Å². The van der Waals surface area contributed by atoms with Crippen LogP contribution in [0.2, 0.25) is 0 Å². The van der Waals surface area contributed by atoms with Gasteiger partial charge in [0, 0.05) is 25.2 Å². The quantitative estimate of drug-likeness (QED) is 0.930. The van der Waals surface area contributed by atoms with Gasteiger partial charge in [-0.2, -0.15) is 18.3 Å². The molecule has 0 aliphatic rings. The van der Waals surface area contributed by atoms with Gasteiger partial charge in [-0.25, -0.2) is 0 Å². The highest BCUT2D eigenvalue weighted by atomic mass is 19.4. The number of hydrogen-bond acceptors (Lipinski definition) is 2. The van der Waals surface area contributed by atoms with E-state index in [9.17, 15) is 13.2 Å². The lowest BCUT2D eigenvalue weighted by atomic mass is 10.0. The van der Waals surface area contributed by atoms with Crippen LogP contribution in [0.15, 0.2) is 30.5 Å². The van der Waals surface area contributed by atoms with Gasteiger partial charge in [0.15, 0.2) is 0 Å². The Labute approximate surface area is 108 Å². The molecule has 3 nitrogen and oxygen atoms in total. The highest BCUT2D eigenvalue weighted by molar-refractivity contribution is 5.65. The first-order valence-corrected chi connectivity index (χ1v) is 5.82. The topological polar surface area (TPSA) is 43.8 Å². The fraction of sp³-hybridized carbons (Fsp3) is 0.308. The van der Waals surface area contributed by atoms with Crippen molar-refractivity contribution in [1.29, 1.82) is 0 Å². The van der Waals surface area contributed by atoms with E-state index in [1.807, 2.05) is 0 Å². The molecule has 2 aromatic rings. The normalized spacial score (nSPS) is 11.8. The highest BCUT2D eigenvalue weighted by Gasteiger charge is 2.30. The summed E-state index contributed by atoms with van der Waals surface area (Å²) in [6.45, 7) is 0.449. The smallest absolute Gasteiger partial charge is 0.330 e. The average molecular weight is 269 g/mol. The second-order valence-electron chi connectivity index (χ2n) is 4.28. The van der Waals surface area contributed by atoms with E-state index in [0.29, 0.717) is 18.5 Å². The Morgan fingerprint density at radius 3 is 2.37 bits per heavy atom. The molecule has 0 atom stereocenters. The van der Waals surface area contributed by atoms with Crippen LogP contribution in [-0.4, -0.2) is 16.3 Å². The summed E-state index contributed by atoms with van der Waals surface area (Å²) in [6, 6.07) is 5.07. The van der Waals surface area contributed by atoms with Gasteiger partial charge in [0.2, 0.25) is 0 Å². The molecular weight excluding hydrogens is 255 g/mol. The predicted octanol–water partition coefficient (Wildman–Crippen LogP) is 2.61. The standard InChI is InChI=1S/C13H14F3N3/c1-19-8-11(12(18-19)6-7-17)9-2-4-10(5-3-9)13(14,15)16/h2-5,8H,6-7,17H2,1H3. The van der Waals surface area contributed by atoms with E-state index in [-0.39, 0.29) is 0 Å². The SMILES string of the molecule is Cn1cc(-c2ccc(C(F)(F)F)cc2)c(CCN)n1. The number of nitrogens with two attached hydrogens (primary N) is 1. The Morgan fingerprint density at radius 1 is 1.21 bits per heavy atom. The molecule has 0 amide bonds. The molecule has 0 unspecified atom stereocenters. The van der Waals surface area contributed by atoms with E-state index in [0.717, 1.165) is 23.4 Å². The zero-order chi connectivity index (χ0) is 14.0. The van der Waals surface area contributed by atoms with Crippen LogP contribution in [0.25, 0.3) is 11.1 Å². The summed E-state index contributed by atoms with van der Waals surface area (Å²) in [7, 11) is 1.77. The largest absolute Gasteiger partial charge is 0.416 e. The first-order valence-electron chi connectivity index (χ1n) is 5.82. The molecule has 0 aliphatic carbocycles. The second-order valence-corrected chi connectivity index (χ2v) is 4.28. The van der Waals surface area contributed by atoms with Gasteiger partial charge in [-0.15, -0.1) is 0 Å². The minimum absolute atomic E-state index is 0.449. The molecule has 0 radical (unpaired) electrons. The molecule has 0 saturated carbocycles. The van der Waals surface area contributed by atoms with Gasteiger partial charge in [-0.05, 0) is 24.2 Å². The number of hydrogen-bond donors (Lipinski definition) is 1. The van der Waals surface area contributed by atoms with Crippen molar-refractivity contribution in [3.63, 3.8) is 0 Å². The lowest BCUT2D eigenvalue weighted by Crippen LogP contribution is -2.05. The van der Waals surface area contributed by atoms with Crippen LogP contribution in [0.3, 0.4) is 0 Å². The monoisotopic (exact) mass is 269 g/mol. The molecule has 0 saturated heterocycles. The summed E-state index contributed by atoms with van der Waals surface area (Å²) in [5.41, 5.74) is 7.18. The van der Waals surface area contributed by atoms with Crippen LogP contribution in [0.4, 0.5) is 13.2 Å². The Kier molecular flexibility index (Phi) is 3.61. The summed E-state index contributed by atoms with van der Waals surface area (Å²) in [6.07, 6.45) is -1.93. The van der Waals surface area contributed by atoms with E-state index in [1.165, 1.54) is 12.1 Å². The number of rotatable bonds is 3. The Bertz CT molecular complexity index is 556. The van der Waals surface area contributed by atoms with Gasteiger partial charge in [-0.1, -0.05) is 12.1 Å². The Balaban J connectivity index is 2.37. The number of benzene rings is 1. The van der Waals surface area contributed by atoms with Crippen molar-refractivity contribution in [2.24, 2.45) is 12.8 Å².